The van der Waals surface area contributed by atoms with Crippen LogP contribution < -0.4 is 0 Å². The quantitative estimate of drug-likeness (QED) is 0.668. The number of hydrogen-bond acceptors (Lipinski definition) is 4. The van der Waals surface area contributed by atoms with Crippen LogP contribution in [0.5, 0.6) is 0 Å². The third-order valence-electron chi connectivity index (χ3n) is 5.29. The fourth-order valence-electron chi connectivity index (χ4n) is 4.26. The summed E-state index contributed by atoms with van der Waals surface area (Å²) in [5.74, 6) is -1.10. The molecule has 1 aromatic rings. The first-order valence-corrected chi connectivity index (χ1v) is 9.55. The molecule has 154 valence electrons. The van der Waals surface area contributed by atoms with E-state index in [1.807, 2.05) is 0 Å². The van der Waals surface area contributed by atoms with Crippen LogP contribution in [0.15, 0.2) is 18.3 Å². The van der Waals surface area contributed by atoms with Crippen LogP contribution in [0.4, 0.5) is 18.0 Å². The largest absolute Gasteiger partial charge is 0.444 e. The highest BCUT2D eigenvalue weighted by atomic mass is 19.4. The van der Waals surface area contributed by atoms with Gasteiger partial charge in [0.15, 0.2) is 11.5 Å². The number of pyridine rings is 1. The minimum absolute atomic E-state index is 0.192. The Hall–Kier alpha value is -2.12. The van der Waals surface area contributed by atoms with Crippen molar-refractivity contribution in [3.63, 3.8) is 0 Å². The van der Waals surface area contributed by atoms with Crippen LogP contribution in [0, 0.1) is 5.92 Å². The van der Waals surface area contributed by atoms with Gasteiger partial charge >= 0.3 is 12.3 Å². The van der Waals surface area contributed by atoms with Crippen LogP contribution in [0.1, 0.15) is 68.9 Å². The summed E-state index contributed by atoms with van der Waals surface area (Å²) < 4.78 is 45.2. The number of fused-ring (bicyclic) bond motifs is 2. The first kappa shape index (κ1) is 20.6. The number of ether oxygens (including phenoxy) is 1. The molecule has 0 aliphatic carbocycles. The maximum absolute atomic E-state index is 13.2. The fourth-order valence-corrected chi connectivity index (χ4v) is 4.26. The van der Waals surface area contributed by atoms with Gasteiger partial charge in [0.2, 0.25) is 0 Å². The molecule has 1 amide bonds. The van der Waals surface area contributed by atoms with Gasteiger partial charge in [-0.2, -0.15) is 13.2 Å². The number of hydrogen-bond donors (Lipinski definition) is 0. The first-order chi connectivity index (χ1) is 13.0. The molecule has 0 aromatic carbocycles. The topological polar surface area (TPSA) is 59.5 Å². The Balaban J connectivity index is 1.81. The summed E-state index contributed by atoms with van der Waals surface area (Å²) in [7, 11) is 0. The van der Waals surface area contributed by atoms with Crippen LogP contribution in [-0.4, -0.2) is 39.4 Å². The van der Waals surface area contributed by atoms with Crippen molar-refractivity contribution in [2.75, 3.05) is 0 Å². The van der Waals surface area contributed by atoms with E-state index in [1.54, 1.807) is 25.7 Å². The van der Waals surface area contributed by atoms with Crippen LogP contribution >= 0.6 is 0 Å². The maximum Gasteiger partial charge on any atom is 0.434 e. The molecule has 0 N–H and O–H groups in total. The molecule has 2 atom stereocenters. The van der Waals surface area contributed by atoms with E-state index in [9.17, 15) is 22.8 Å². The SMILES string of the molecule is CC(C)(C)OC(=O)N1C2CCCC1CC(C(=O)c1cccnc1C(F)(F)F)C2. The van der Waals surface area contributed by atoms with E-state index >= 15 is 0 Å². The summed E-state index contributed by atoms with van der Waals surface area (Å²) in [5, 5.41) is 0. The third-order valence-corrected chi connectivity index (χ3v) is 5.29. The molecule has 2 aliphatic rings. The molecule has 2 fully saturated rings. The number of carbonyl (C=O) groups excluding carboxylic acids is 2. The normalized spacial score (nSPS) is 25.4. The first-order valence-electron chi connectivity index (χ1n) is 9.55. The van der Waals surface area contributed by atoms with Gasteiger partial charge in [-0.05, 0) is 65.0 Å². The Morgan fingerprint density at radius 3 is 2.29 bits per heavy atom. The number of piperidine rings is 2. The maximum atomic E-state index is 13.2. The molecule has 2 bridgehead atoms. The molecule has 2 saturated heterocycles. The van der Waals surface area contributed by atoms with Gasteiger partial charge in [-0.3, -0.25) is 9.78 Å². The number of halogens is 3. The molecule has 0 radical (unpaired) electrons. The van der Waals surface area contributed by atoms with Gasteiger partial charge in [0, 0.05) is 29.8 Å². The molecular weight excluding hydrogens is 373 g/mol. The van der Waals surface area contributed by atoms with Crippen molar-refractivity contribution in [2.24, 2.45) is 5.92 Å². The fraction of sp³-hybridized carbons (Fsp3) is 0.650. The zero-order valence-corrected chi connectivity index (χ0v) is 16.3. The summed E-state index contributed by atoms with van der Waals surface area (Å²) in [4.78, 5) is 30.6. The standard InChI is InChI=1S/C20H25F3N2O3/c1-19(2,3)28-18(27)25-13-6-4-7-14(25)11-12(10-13)16(26)15-8-5-9-24-17(15)20(21,22)23/h5,8-9,12-14H,4,6-7,10-11H2,1-3H3. The van der Waals surface area contributed by atoms with E-state index in [4.69, 9.17) is 4.74 Å². The predicted octanol–water partition coefficient (Wildman–Crippen LogP) is 4.85. The smallest absolute Gasteiger partial charge is 0.434 e. The van der Waals surface area contributed by atoms with E-state index < -0.39 is 35.3 Å². The highest BCUT2D eigenvalue weighted by Crippen LogP contribution is 2.40. The molecule has 8 heteroatoms. The molecular formula is C20H25F3N2O3. The number of amides is 1. The zero-order chi connectivity index (χ0) is 20.7. The number of aromatic nitrogens is 1. The number of Topliss-reactive ketones (excluding diaryl/α,β-unsaturated/α-hetero) is 1. The van der Waals surface area contributed by atoms with Crippen molar-refractivity contribution >= 4 is 11.9 Å². The van der Waals surface area contributed by atoms with Gasteiger partial charge in [-0.15, -0.1) is 0 Å². The van der Waals surface area contributed by atoms with Crippen molar-refractivity contribution in [3.8, 4) is 0 Å². The molecule has 3 rings (SSSR count). The molecule has 0 saturated carbocycles. The summed E-state index contributed by atoms with van der Waals surface area (Å²) >= 11 is 0. The summed E-state index contributed by atoms with van der Waals surface area (Å²) in [5.41, 5.74) is -2.15. The van der Waals surface area contributed by atoms with E-state index in [-0.39, 0.29) is 17.6 Å². The molecule has 1 aromatic heterocycles. The highest BCUT2D eigenvalue weighted by molar-refractivity contribution is 5.99. The average Bonchev–Trinajstić information content (AvgIpc) is 2.57. The Kier molecular flexibility index (Phi) is 5.42. The van der Waals surface area contributed by atoms with Crippen LogP contribution in [0.25, 0.3) is 0 Å². The lowest BCUT2D eigenvalue weighted by Crippen LogP contribution is -2.56. The lowest BCUT2D eigenvalue weighted by atomic mass is 9.75. The molecule has 2 unspecified atom stereocenters. The van der Waals surface area contributed by atoms with Gasteiger partial charge in [0.25, 0.3) is 0 Å². The lowest BCUT2D eigenvalue weighted by Gasteiger charge is -2.48. The van der Waals surface area contributed by atoms with Crippen LogP contribution in [-0.2, 0) is 10.9 Å². The monoisotopic (exact) mass is 398 g/mol. The van der Waals surface area contributed by atoms with E-state index in [2.05, 4.69) is 4.98 Å². The molecule has 0 spiro atoms. The predicted molar refractivity (Wildman–Crippen MR) is 95.8 cm³/mol. The third kappa shape index (κ3) is 4.31. The Morgan fingerprint density at radius 1 is 1.14 bits per heavy atom. The number of nitrogens with zero attached hydrogens (tertiary/aromatic N) is 2. The van der Waals surface area contributed by atoms with Crippen molar-refractivity contribution in [1.29, 1.82) is 0 Å². The van der Waals surface area contributed by atoms with Gasteiger partial charge in [0.1, 0.15) is 5.60 Å². The number of rotatable bonds is 2. The molecule has 5 nitrogen and oxygen atoms in total. The van der Waals surface area contributed by atoms with Crippen molar-refractivity contribution < 1.29 is 27.5 Å². The summed E-state index contributed by atoms with van der Waals surface area (Å²) in [6.07, 6.45) is -0.987. The van der Waals surface area contributed by atoms with Crippen molar-refractivity contribution in [1.82, 2.24) is 9.88 Å². The van der Waals surface area contributed by atoms with E-state index in [0.717, 1.165) is 25.5 Å². The minimum Gasteiger partial charge on any atom is -0.444 e. The molecule has 2 aliphatic heterocycles. The average molecular weight is 398 g/mol. The zero-order valence-electron chi connectivity index (χ0n) is 16.3. The second kappa shape index (κ2) is 7.37. The molecule has 3 heterocycles. The van der Waals surface area contributed by atoms with Crippen molar-refractivity contribution in [2.45, 2.75) is 76.7 Å². The number of alkyl halides is 3. The summed E-state index contributed by atoms with van der Waals surface area (Å²) in [6, 6.07) is 2.15. The highest BCUT2D eigenvalue weighted by Gasteiger charge is 2.46. The number of carbonyl (C=O) groups is 2. The van der Waals surface area contributed by atoms with E-state index in [1.165, 1.54) is 12.1 Å². The van der Waals surface area contributed by atoms with Crippen molar-refractivity contribution in [3.05, 3.63) is 29.6 Å². The van der Waals surface area contributed by atoms with Crippen LogP contribution in [0.2, 0.25) is 0 Å². The second-order valence-electron chi connectivity index (χ2n) is 8.56. The second-order valence-corrected chi connectivity index (χ2v) is 8.56. The Morgan fingerprint density at radius 2 is 1.75 bits per heavy atom. The van der Waals surface area contributed by atoms with E-state index in [0.29, 0.717) is 12.8 Å². The molecule has 28 heavy (non-hydrogen) atoms. The van der Waals surface area contributed by atoms with Gasteiger partial charge in [0.05, 0.1) is 0 Å². The summed E-state index contributed by atoms with van der Waals surface area (Å²) in [6.45, 7) is 5.37. The van der Waals surface area contributed by atoms with Gasteiger partial charge < -0.3 is 9.64 Å². The van der Waals surface area contributed by atoms with Gasteiger partial charge in [-0.25, -0.2) is 4.79 Å². The van der Waals surface area contributed by atoms with Crippen LogP contribution in [0.3, 0.4) is 0 Å². The minimum atomic E-state index is -4.68. The van der Waals surface area contributed by atoms with Gasteiger partial charge in [-0.1, -0.05) is 0 Å². The number of ketones is 1. The Labute approximate surface area is 162 Å². The lowest BCUT2D eigenvalue weighted by molar-refractivity contribution is -0.141. The Bertz CT molecular complexity index is 744.